The highest BCUT2D eigenvalue weighted by atomic mass is 31.2. The van der Waals surface area contributed by atoms with Crippen molar-refractivity contribution in [2.75, 3.05) is 0 Å². The van der Waals surface area contributed by atoms with E-state index in [1.54, 1.807) is 0 Å². The van der Waals surface area contributed by atoms with Gasteiger partial charge >= 0.3 is 14.7 Å². The average molecular weight is 879 g/mol. The van der Waals surface area contributed by atoms with Gasteiger partial charge in [0.15, 0.2) is 14.6 Å². The van der Waals surface area contributed by atoms with Gasteiger partial charge in [0.1, 0.15) is 11.5 Å². The lowest BCUT2D eigenvalue weighted by Crippen LogP contribution is -2.33. The number of rotatable bonds is 12. The Morgan fingerprint density at radius 1 is 0.477 bits per heavy atom. The zero-order valence-electron chi connectivity index (χ0n) is 36.5. The predicted octanol–water partition coefficient (Wildman–Crippen LogP) is 9.36. The number of allylic oxidation sites excluding steroid dienone is 2. The standard InChI is InChI=1S/C57H46B2O4P2/c1-5-15-39-37-41(25-35-51(39)58-43-27-31-45(32-28-43)64(60)55-23-13-9-19-49(55)47-17-7-11-21-53(47)62-64)57(3,4)42-26-36-52(40(38-42)16-6-2)59-44-29-33-46(34-30-44)65(61)56-24-14-10-20-50(56)48-18-8-12-22-54(48)63-65/h5-14,17-38H,1-2,15-16H2,3-4H3. The molecule has 4 nitrogen and oxygen atoms in total. The molecule has 65 heavy (non-hydrogen) atoms. The van der Waals surface area contributed by atoms with Crippen LogP contribution in [0.5, 0.6) is 11.5 Å². The molecule has 0 bridgehead atoms. The molecule has 0 fully saturated rings. The van der Waals surface area contributed by atoms with Crippen molar-refractivity contribution in [3.05, 3.63) is 230 Å². The number of fused-ring (bicyclic) bond motifs is 6. The Morgan fingerprint density at radius 2 is 0.846 bits per heavy atom. The van der Waals surface area contributed by atoms with Gasteiger partial charge in [-0.25, -0.2) is 0 Å². The van der Waals surface area contributed by atoms with E-state index in [4.69, 9.17) is 9.05 Å². The van der Waals surface area contributed by atoms with E-state index >= 15 is 0 Å². The third-order valence-electron chi connectivity index (χ3n) is 12.8. The van der Waals surface area contributed by atoms with Crippen molar-refractivity contribution in [3.63, 3.8) is 0 Å². The number of hydrogen-bond donors (Lipinski definition) is 0. The van der Waals surface area contributed by atoms with Crippen molar-refractivity contribution in [2.24, 2.45) is 0 Å². The summed E-state index contributed by atoms with van der Waals surface area (Å²) in [5.41, 5.74) is 12.5. The molecule has 2 unspecified atom stereocenters. The molecule has 0 aliphatic carbocycles. The maximum atomic E-state index is 14.7. The molecule has 2 aliphatic rings. The van der Waals surface area contributed by atoms with Crippen LogP contribution in [0, 0.1) is 0 Å². The normalized spacial score (nSPS) is 16.9. The highest BCUT2D eigenvalue weighted by Crippen LogP contribution is 2.55. The molecule has 2 radical (unpaired) electrons. The summed E-state index contributed by atoms with van der Waals surface area (Å²) in [4.78, 5) is 0. The molecule has 0 amide bonds. The summed E-state index contributed by atoms with van der Waals surface area (Å²) in [6, 6.07) is 60.6. The molecular formula is C57H46B2O4P2. The maximum Gasteiger partial charge on any atom is 0.307 e. The lowest BCUT2D eigenvalue weighted by molar-refractivity contribution is 0.500. The van der Waals surface area contributed by atoms with Gasteiger partial charge in [0, 0.05) is 16.5 Å². The van der Waals surface area contributed by atoms with Gasteiger partial charge < -0.3 is 9.05 Å². The molecule has 2 atom stereocenters. The van der Waals surface area contributed by atoms with Gasteiger partial charge in [-0.15, -0.1) is 13.2 Å². The zero-order valence-corrected chi connectivity index (χ0v) is 38.3. The van der Waals surface area contributed by atoms with Gasteiger partial charge in [-0.3, -0.25) is 9.13 Å². The summed E-state index contributed by atoms with van der Waals surface area (Å²) in [7, 11) is -2.38. The lowest BCUT2D eigenvalue weighted by atomic mass is 9.60. The Hall–Kier alpha value is -6.57. The molecule has 0 N–H and O–H groups in total. The lowest BCUT2D eigenvalue weighted by Gasteiger charge is -2.29. The van der Waals surface area contributed by atoms with Crippen molar-refractivity contribution in [2.45, 2.75) is 32.1 Å². The number of benzene rings is 8. The fourth-order valence-electron chi connectivity index (χ4n) is 9.21. The first kappa shape index (κ1) is 42.4. The van der Waals surface area contributed by atoms with Gasteiger partial charge in [-0.1, -0.05) is 181 Å². The first-order valence-electron chi connectivity index (χ1n) is 22.0. The topological polar surface area (TPSA) is 52.6 Å². The van der Waals surface area contributed by atoms with E-state index in [0.717, 1.165) is 54.7 Å². The second-order valence-corrected chi connectivity index (χ2v) is 21.8. The van der Waals surface area contributed by atoms with Crippen LogP contribution >= 0.6 is 14.7 Å². The van der Waals surface area contributed by atoms with E-state index in [9.17, 15) is 9.13 Å². The first-order chi connectivity index (χ1) is 31.6. The third-order valence-corrected chi connectivity index (χ3v) is 17.7. The molecular weight excluding hydrogens is 832 g/mol. The summed E-state index contributed by atoms with van der Waals surface area (Å²) < 4.78 is 42.1. The average Bonchev–Trinajstić information content (AvgIpc) is 3.33. The van der Waals surface area contributed by atoms with E-state index in [1.165, 1.54) is 22.3 Å². The van der Waals surface area contributed by atoms with Crippen molar-refractivity contribution in [1.29, 1.82) is 0 Å². The third kappa shape index (κ3) is 7.69. The van der Waals surface area contributed by atoms with Crippen molar-refractivity contribution < 1.29 is 18.2 Å². The second-order valence-electron chi connectivity index (χ2n) is 17.2. The minimum atomic E-state index is -3.37. The Morgan fingerprint density at radius 3 is 1.25 bits per heavy atom. The Labute approximate surface area is 384 Å². The number of para-hydroxylation sites is 2. The minimum absolute atomic E-state index is 0.311. The minimum Gasteiger partial charge on any atom is -0.436 e. The van der Waals surface area contributed by atoms with Crippen LogP contribution in [-0.4, -0.2) is 14.6 Å². The second kappa shape index (κ2) is 17.1. The van der Waals surface area contributed by atoms with Gasteiger partial charge in [0.25, 0.3) is 0 Å². The zero-order chi connectivity index (χ0) is 44.8. The molecule has 8 aromatic rings. The predicted molar refractivity (Wildman–Crippen MR) is 275 cm³/mol. The molecule has 314 valence electrons. The van der Waals surface area contributed by atoms with Gasteiger partial charge in [0.05, 0.1) is 21.2 Å². The van der Waals surface area contributed by atoms with E-state index in [1.807, 2.05) is 158 Å². The molecule has 10 rings (SSSR count). The van der Waals surface area contributed by atoms with Crippen LogP contribution in [0.15, 0.2) is 207 Å². The molecule has 8 aromatic carbocycles. The van der Waals surface area contributed by atoms with Crippen LogP contribution in [0.3, 0.4) is 0 Å². The van der Waals surface area contributed by atoms with E-state index < -0.39 is 14.7 Å². The van der Waals surface area contributed by atoms with E-state index in [2.05, 4.69) is 78.0 Å². The van der Waals surface area contributed by atoms with Crippen LogP contribution in [0.1, 0.15) is 36.1 Å². The Kier molecular flexibility index (Phi) is 11.1. The van der Waals surface area contributed by atoms with Crippen LogP contribution < -0.4 is 52.1 Å². The maximum absolute atomic E-state index is 14.7. The van der Waals surface area contributed by atoms with Crippen LogP contribution in [0.4, 0.5) is 0 Å². The van der Waals surface area contributed by atoms with Gasteiger partial charge in [0.2, 0.25) is 0 Å². The number of hydrogen-bond acceptors (Lipinski definition) is 4. The Balaban J connectivity index is 0.877. The fourth-order valence-corrected chi connectivity index (χ4v) is 13.7. The van der Waals surface area contributed by atoms with Crippen molar-refractivity contribution in [3.8, 4) is 33.8 Å². The van der Waals surface area contributed by atoms with Crippen molar-refractivity contribution in [1.82, 2.24) is 0 Å². The van der Waals surface area contributed by atoms with Crippen LogP contribution in [0.25, 0.3) is 22.3 Å². The Bertz CT molecular complexity index is 3030. The summed E-state index contributed by atoms with van der Waals surface area (Å²) >= 11 is 0. The SMILES string of the molecule is C=CCc1cc(C(C)(C)c2ccc([B]c3ccc(P4(=O)Oc5ccccc5-c5ccccc54)cc3)c(CC=C)c2)ccc1[B]c1ccc(P2(=O)Oc3ccccc3-c3ccccc32)cc1. The summed E-state index contributed by atoms with van der Waals surface area (Å²) in [5, 5.41) is 2.78. The van der Waals surface area contributed by atoms with Gasteiger partial charge in [-0.2, -0.15) is 0 Å². The van der Waals surface area contributed by atoms with Crippen molar-refractivity contribution >= 4 is 72.4 Å². The quantitative estimate of drug-likeness (QED) is 0.0698. The highest BCUT2D eigenvalue weighted by Gasteiger charge is 2.39. The van der Waals surface area contributed by atoms with Crippen LogP contribution in [-0.2, 0) is 27.4 Å². The molecule has 0 spiro atoms. The summed E-state index contributed by atoms with van der Waals surface area (Å²) in [5.74, 6) is 1.28. The highest BCUT2D eigenvalue weighted by molar-refractivity contribution is 7.75. The molecule has 0 saturated heterocycles. The van der Waals surface area contributed by atoms with Crippen LogP contribution in [0.2, 0.25) is 0 Å². The largest absolute Gasteiger partial charge is 0.436 e. The summed E-state index contributed by atoms with van der Waals surface area (Å²) in [6.45, 7) is 12.7. The monoisotopic (exact) mass is 878 g/mol. The molecule has 0 saturated carbocycles. The molecule has 8 heteroatoms. The fraction of sp³-hybridized carbons (Fsp3) is 0.0877. The molecule has 2 heterocycles. The van der Waals surface area contributed by atoms with E-state index in [-0.39, 0.29) is 5.41 Å². The summed E-state index contributed by atoms with van der Waals surface area (Å²) in [6.07, 6.45) is 5.32. The van der Waals surface area contributed by atoms with E-state index in [0.29, 0.717) is 34.9 Å². The molecule has 0 aromatic heterocycles. The smallest absolute Gasteiger partial charge is 0.307 e. The first-order valence-corrected chi connectivity index (χ1v) is 25.2. The molecule has 2 aliphatic heterocycles. The van der Waals surface area contributed by atoms with Gasteiger partial charge in [-0.05, 0) is 94.8 Å².